The van der Waals surface area contributed by atoms with Crippen LogP contribution in [0.5, 0.6) is 11.5 Å². The summed E-state index contributed by atoms with van der Waals surface area (Å²) in [6.45, 7) is 0. The minimum atomic E-state index is 0.286. The van der Waals surface area contributed by atoms with E-state index in [1.54, 1.807) is 36.0 Å². The number of phenolic OH excluding ortho intramolecular Hbond substituents is 2. The quantitative estimate of drug-likeness (QED) is 0.763. The van der Waals surface area contributed by atoms with Crippen LogP contribution in [0.15, 0.2) is 46.2 Å². The van der Waals surface area contributed by atoms with E-state index in [9.17, 15) is 10.2 Å². The lowest BCUT2D eigenvalue weighted by atomic mass is 10.2. The molecular formula is C14H12O2S2. The molecule has 92 valence electrons. The van der Waals surface area contributed by atoms with Crippen LogP contribution in [-0.2, 0) is 11.5 Å². The van der Waals surface area contributed by atoms with Gasteiger partial charge in [-0.3, -0.25) is 0 Å². The highest BCUT2D eigenvalue weighted by Gasteiger charge is 2.13. The van der Waals surface area contributed by atoms with Crippen molar-refractivity contribution in [3.63, 3.8) is 0 Å². The number of hydrogen-bond donors (Lipinski definition) is 2. The van der Waals surface area contributed by atoms with Crippen LogP contribution < -0.4 is 0 Å². The van der Waals surface area contributed by atoms with Gasteiger partial charge in [-0.15, -0.1) is 0 Å². The highest BCUT2D eigenvalue weighted by Crippen LogP contribution is 2.41. The molecule has 2 aromatic carbocycles. The largest absolute Gasteiger partial charge is 0.508 e. The van der Waals surface area contributed by atoms with Crippen molar-refractivity contribution >= 4 is 23.5 Å². The standard InChI is InChI=1S/C14H12O2S2/c15-11-3-1-9-7-17-8-10-2-4-12(16)6-14(10)18-13(9)5-11/h1-6,15-16H,7-8H2. The summed E-state index contributed by atoms with van der Waals surface area (Å²) in [6, 6.07) is 11.0. The average Bonchev–Trinajstić information content (AvgIpc) is 2.32. The first-order valence-corrected chi connectivity index (χ1v) is 7.59. The van der Waals surface area contributed by atoms with Gasteiger partial charge in [0.2, 0.25) is 0 Å². The van der Waals surface area contributed by atoms with Crippen molar-refractivity contribution in [2.24, 2.45) is 0 Å². The number of hydrogen-bond acceptors (Lipinski definition) is 4. The third-order valence-electron chi connectivity index (χ3n) is 2.84. The highest BCUT2D eigenvalue weighted by atomic mass is 32.2. The summed E-state index contributed by atoms with van der Waals surface area (Å²) in [6.07, 6.45) is 0. The Morgan fingerprint density at radius 3 is 1.78 bits per heavy atom. The molecule has 0 aliphatic carbocycles. The smallest absolute Gasteiger partial charge is 0.116 e. The maximum Gasteiger partial charge on any atom is 0.116 e. The van der Waals surface area contributed by atoms with Gasteiger partial charge < -0.3 is 10.2 Å². The number of thioether (sulfide) groups is 1. The van der Waals surface area contributed by atoms with Crippen LogP contribution in [0.2, 0.25) is 0 Å². The van der Waals surface area contributed by atoms with Gasteiger partial charge in [0, 0.05) is 21.3 Å². The van der Waals surface area contributed by atoms with Crippen LogP contribution in [0.4, 0.5) is 0 Å². The Kier molecular flexibility index (Phi) is 3.14. The Morgan fingerprint density at radius 2 is 1.28 bits per heavy atom. The summed E-state index contributed by atoms with van der Waals surface area (Å²) < 4.78 is 0. The second-order valence-electron chi connectivity index (χ2n) is 4.18. The number of rotatable bonds is 0. The Bertz CT molecular complexity index is 545. The number of fused-ring (bicyclic) bond motifs is 2. The van der Waals surface area contributed by atoms with Crippen molar-refractivity contribution in [2.45, 2.75) is 21.3 Å². The monoisotopic (exact) mass is 276 g/mol. The van der Waals surface area contributed by atoms with Gasteiger partial charge in [0.15, 0.2) is 0 Å². The summed E-state index contributed by atoms with van der Waals surface area (Å²) in [5.41, 5.74) is 2.47. The normalized spacial score (nSPS) is 14.2. The summed E-state index contributed by atoms with van der Waals surface area (Å²) in [7, 11) is 0. The van der Waals surface area contributed by atoms with Crippen LogP contribution in [0.25, 0.3) is 0 Å². The zero-order valence-electron chi connectivity index (χ0n) is 9.59. The molecule has 1 aliphatic heterocycles. The van der Waals surface area contributed by atoms with E-state index in [0.29, 0.717) is 0 Å². The van der Waals surface area contributed by atoms with Crippen molar-refractivity contribution in [1.82, 2.24) is 0 Å². The second-order valence-corrected chi connectivity index (χ2v) is 6.25. The predicted octanol–water partition coefficient (Wildman–Crippen LogP) is 4.00. The summed E-state index contributed by atoms with van der Waals surface area (Å²) in [5, 5.41) is 19.2. The Balaban J connectivity index is 2.08. The van der Waals surface area contributed by atoms with E-state index in [4.69, 9.17) is 0 Å². The molecule has 2 nitrogen and oxygen atoms in total. The van der Waals surface area contributed by atoms with Crippen LogP contribution in [-0.4, -0.2) is 10.2 Å². The average molecular weight is 276 g/mol. The third kappa shape index (κ3) is 2.31. The van der Waals surface area contributed by atoms with E-state index in [0.717, 1.165) is 21.3 Å². The second kappa shape index (κ2) is 4.78. The third-order valence-corrected chi connectivity index (χ3v) is 5.07. The van der Waals surface area contributed by atoms with Gasteiger partial charge in [-0.25, -0.2) is 0 Å². The number of benzene rings is 2. The Labute approximate surface area is 114 Å². The first-order chi connectivity index (χ1) is 8.72. The van der Waals surface area contributed by atoms with Crippen LogP contribution in [0, 0.1) is 0 Å². The zero-order chi connectivity index (χ0) is 12.5. The molecule has 0 saturated heterocycles. The molecule has 2 N–H and O–H groups in total. The van der Waals surface area contributed by atoms with E-state index in [-0.39, 0.29) is 11.5 Å². The van der Waals surface area contributed by atoms with Gasteiger partial charge in [0.25, 0.3) is 0 Å². The Morgan fingerprint density at radius 1 is 0.778 bits per heavy atom. The molecule has 0 radical (unpaired) electrons. The minimum absolute atomic E-state index is 0.286. The molecule has 1 aliphatic rings. The van der Waals surface area contributed by atoms with E-state index in [1.165, 1.54) is 11.1 Å². The fourth-order valence-corrected chi connectivity index (χ4v) is 4.27. The summed E-state index contributed by atoms with van der Waals surface area (Å²) in [5.74, 6) is 2.47. The van der Waals surface area contributed by atoms with Gasteiger partial charge >= 0.3 is 0 Å². The maximum absolute atomic E-state index is 9.58. The summed E-state index contributed by atoms with van der Waals surface area (Å²) in [4.78, 5) is 2.13. The van der Waals surface area contributed by atoms with Crippen molar-refractivity contribution in [2.75, 3.05) is 0 Å². The zero-order valence-corrected chi connectivity index (χ0v) is 11.2. The van der Waals surface area contributed by atoms with Crippen LogP contribution >= 0.6 is 23.5 Å². The lowest BCUT2D eigenvalue weighted by Crippen LogP contribution is -1.93. The minimum Gasteiger partial charge on any atom is -0.508 e. The molecule has 0 spiro atoms. The molecule has 3 rings (SSSR count). The number of aromatic hydroxyl groups is 2. The first-order valence-electron chi connectivity index (χ1n) is 5.62. The van der Waals surface area contributed by atoms with Crippen LogP contribution in [0.1, 0.15) is 11.1 Å². The molecule has 0 bridgehead atoms. The van der Waals surface area contributed by atoms with E-state index in [2.05, 4.69) is 0 Å². The van der Waals surface area contributed by atoms with E-state index >= 15 is 0 Å². The van der Waals surface area contributed by atoms with Crippen molar-refractivity contribution in [1.29, 1.82) is 0 Å². The molecule has 0 amide bonds. The van der Waals surface area contributed by atoms with Crippen molar-refractivity contribution in [3.8, 4) is 11.5 Å². The summed E-state index contributed by atoms with van der Waals surface area (Å²) >= 11 is 3.46. The first kappa shape index (κ1) is 11.8. The van der Waals surface area contributed by atoms with Gasteiger partial charge in [-0.2, -0.15) is 11.8 Å². The van der Waals surface area contributed by atoms with E-state index in [1.807, 2.05) is 23.9 Å². The van der Waals surface area contributed by atoms with Crippen molar-refractivity contribution in [3.05, 3.63) is 47.5 Å². The van der Waals surface area contributed by atoms with Gasteiger partial charge in [-0.1, -0.05) is 23.9 Å². The van der Waals surface area contributed by atoms with Gasteiger partial charge in [0.1, 0.15) is 11.5 Å². The molecule has 4 heteroatoms. The molecule has 0 saturated carbocycles. The van der Waals surface area contributed by atoms with Crippen molar-refractivity contribution < 1.29 is 10.2 Å². The van der Waals surface area contributed by atoms with Gasteiger partial charge in [0.05, 0.1) is 0 Å². The molecule has 0 aromatic heterocycles. The molecule has 1 heterocycles. The molecule has 18 heavy (non-hydrogen) atoms. The van der Waals surface area contributed by atoms with E-state index < -0.39 is 0 Å². The predicted molar refractivity (Wildman–Crippen MR) is 75.3 cm³/mol. The van der Waals surface area contributed by atoms with Gasteiger partial charge in [-0.05, 0) is 35.4 Å². The topological polar surface area (TPSA) is 40.5 Å². The lowest BCUT2D eigenvalue weighted by molar-refractivity contribution is 0.473. The number of phenols is 2. The Hall–Kier alpha value is -1.26. The molecule has 0 atom stereocenters. The maximum atomic E-state index is 9.58. The fourth-order valence-electron chi connectivity index (χ4n) is 1.90. The fraction of sp³-hybridized carbons (Fsp3) is 0.143. The SMILES string of the molecule is Oc1ccc2c(c1)Sc1cc(O)ccc1CSC2. The lowest BCUT2D eigenvalue weighted by Gasteiger charge is -2.16. The molecule has 0 fully saturated rings. The van der Waals surface area contributed by atoms with Crippen LogP contribution in [0.3, 0.4) is 0 Å². The molecule has 2 aromatic rings. The molecular weight excluding hydrogens is 264 g/mol. The highest BCUT2D eigenvalue weighted by molar-refractivity contribution is 8.00. The molecule has 0 unspecified atom stereocenters.